The third-order valence-electron chi connectivity index (χ3n) is 2.85. The van der Waals surface area contributed by atoms with Crippen LogP contribution < -0.4 is 5.48 Å². The molecule has 0 atom stereocenters. The summed E-state index contributed by atoms with van der Waals surface area (Å²) < 4.78 is 0. The highest BCUT2D eigenvalue weighted by atomic mass is 32.1. The number of thiazole rings is 1. The molecule has 1 N–H and O–H groups in total. The van der Waals surface area contributed by atoms with Crippen LogP contribution in [0.5, 0.6) is 0 Å². The highest BCUT2D eigenvalue weighted by Crippen LogP contribution is 2.20. The molecule has 0 unspecified atom stereocenters. The average Bonchev–Trinajstić information content (AvgIpc) is 2.79. The monoisotopic (exact) mass is 226 g/mol. The first-order valence-corrected chi connectivity index (χ1v) is 6.39. The Morgan fingerprint density at radius 1 is 1.40 bits per heavy atom. The van der Waals surface area contributed by atoms with Gasteiger partial charge in [0, 0.05) is 4.88 Å². The molecule has 1 aliphatic carbocycles. The molecule has 1 heterocycles. The van der Waals surface area contributed by atoms with E-state index in [0.29, 0.717) is 6.10 Å². The maximum Gasteiger partial charge on any atom is 0.109 e. The molecule has 84 valence electrons. The van der Waals surface area contributed by atoms with Gasteiger partial charge in [0.25, 0.3) is 0 Å². The van der Waals surface area contributed by atoms with E-state index in [-0.39, 0.29) is 0 Å². The van der Waals surface area contributed by atoms with Gasteiger partial charge in [-0.3, -0.25) is 4.84 Å². The predicted molar refractivity (Wildman–Crippen MR) is 61.8 cm³/mol. The minimum absolute atomic E-state index is 0.423. The van der Waals surface area contributed by atoms with Crippen molar-refractivity contribution in [3.63, 3.8) is 0 Å². The van der Waals surface area contributed by atoms with Gasteiger partial charge in [0.15, 0.2) is 0 Å². The maximum atomic E-state index is 5.57. The van der Waals surface area contributed by atoms with Crippen molar-refractivity contribution in [2.75, 3.05) is 0 Å². The van der Waals surface area contributed by atoms with Gasteiger partial charge >= 0.3 is 0 Å². The zero-order valence-electron chi connectivity index (χ0n) is 9.38. The Kier molecular flexibility index (Phi) is 3.72. The van der Waals surface area contributed by atoms with Gasteiger partial charge in [0.2, 0.25) is 0 Å². The van der Waals surface area contributed by atoms with E-state index in [2.05, 4.69) is 17.4 Å². The van der Waals surface area contributed by atoms with Crippen LogP contribution in [-0.4, -0.2) is 11.1 Å². The number of aryl methyl sites for hydroxylation is 2. The zero-order valence-corrected chi connectivity index (χ0v) is 10.2. The lowest BCUT2D eigenvalue weighted by atomic mass is 10.3. The van der Waals surface area contributed by atoms with Crippen molar-refractivity contribution < 1.29 is 4.84 Å². The van der Waals surface area contributed by atoms with E-state index in [9.17, 15) is 0 Å². The maximum absolute atomic E-state index is 5.57. The Bertz CT molecular complexity index is 299. The van der Waals surface area contributed by atoms with Gasteiger partial charge in [-0.15, -0.1) is 11.3 Å². The highest BCUT2D eigenvalue weighted by Gasteiger charge is 2.15. The van der Waals surface area contributed by atoms with Gasteiger partial charge in [-0.05, 0) is 26.7 Å². The van der Waals surface area contributed by atoms with Crippen molar-refractivity contribution >= 4 is 11.3 Å². The summed E-state index contributed by atoms with van der Waals surface area (Å²) in [4.78, 5) is 11.3. The van der Waals surface area contributed by atoms with Crippen molar-refractivity contribution in [2.45, 2.75) is 52.2 Å². The second kappa shape index (κ2) is 5.05. The van der Waals surface area contributed by atoms with Gasteiger partial charge in [-0.25, -0.2) is 4.98 Å². The first-order chi connectivity index (χ1) is 7.25. The molecule has 1 fully saturated rings. The summed E-state index contributed by atoms with van der Waals surface area (Å²) in [6.07, 6.45) is 5.43. The molecule has 0 radical (unpaired) electrons. The van der Waals surface area contributed by atoms with Crippen molar-refractivity contribution in [1.29, 1.82) is 0 Å². The lowest BCUT2D eigenvalue weighted by Gasteiger charge is -2.10. The Labute approximate surface area is 94.8 Å². The van der Waals surface area contributed by atoms with Crippen molar-refractivity contribution in [1.82, 2.24) is 10.5 Å². The van der Waals surface area contributed by atoms with Crippen molar-refractivity contribution in [2.24, 2.45) is 0 Å². The van der Waals surface area contributed by atoms with E-state index in [0.717, 1.165) is 17.2 Å². The summed E-state index contributed by atoms with van der Waals surface area (Å²) in [6.45, 7) is 4.89. The van der Waals surface area contributed by atoms with Crippen molar-refractivity contribution in [3.05, 3.63) is 15.6 Å². The van der Waals surface area contributed by atoms with Crippen LogP contribution in [0.2, 0.25) is 0 Å². The highest BCUT2D eigenvalue weighted by molar-refractivity contribution is 7.11. The molecule has 2 rings (SSSR count). The number of hydrogen-bond donors (Lipinski definition) is 1. The third-order valence-corrected chi connectivity index (χ3v) is 3.92. The number of rotatable bonds is 4. The number of nitrogens with zero attached hydrogens (tertiary/aromatic N) is 1. The third kappa shape index (κ3) is 3.00. The largest absolute Gasteiger partial charge is 0.298 e. The fraction of sp³-hybridized carbons (Fsp3) is 0.727. The molecule has 0 aliphatic heterocycles. The Hall–Kier alpha value is -0.450. The topological polar surface area (TPSA) is 34.2 Å². The molecule has 15 heavy (non-hydrogen) atoms. The summed E-state index contributed by atoms with van der Waals surface area (Å²) >= 11 is 1.74. The molecule has 1 aliphatic rings. The number of aromatic nitrogens is 1. The van der Waals surface area contributed by atoms with Crippen LogP contribution in [-0.2, 0) is 11.4 Å². The molecule has 0 amide bonds. The summed E-state index contributed by atoms with van der Waals surface area (Å²) in [5.74, 6) is 0. The predicted octanol–water partition coefficient (Wildman–Crippen LogP) is 2.72. The van der Waals surface area contributed by atoms with E-state index in [4.69, 9.17) is 4.84 Å². The number of hydrogen-bond acceptors (Lipinski definition) is 4. The minimum atomic E-state index is 0.423. The first kappa shape index (κ1) is 11.0. The van der Waals surface area contributed by atoms with Crippen LogP contribution in [0.1, 0.15) is 41.3 Å². The van der Waals surface area contributed by atoms with Crippen LogP contribution in [0.15, 0.2) is 0 Å². The minimum Gasteiger partial charge on any atom is -0.298 e. The fourth-order valence-electron chi connectivity index (χ4n) is 1.84. The normalized spacial score (nSPS) is 17.5. The summed E-state index contributed by atoms with van der Waals surface area (Å²) in [5, 5.41) is 1.11. The van der Waals surface area contributed by atoms with Crippen LogP contribution in [0.4, 0.5) is 0 Å². The second-order valence-corrected chi connectivity index (χ2v) is 5.38. The standard InChI is InChI=1S/C11H18N2OS/c1-8-9(2)15-11(13-8)7-12-14-10-5-3-4-6-10/h10,12H,3-7H2,1-2H3. The van der Waals surface area contributed by atoms with Gasteiger partial charge in [0.05, 0.1) is 18.3 Å². The molecule has 3 nitrogen and oxygen atoms in total. The lowest BCUT2D eigenvalue weighted by Crippen LogP contribution is -2.21. The van der Waals surface area contributed by atoms with E-state index in [1.54, 1.807) is 11.3 Å². The Morgan fingerprint density at radius 2 is 2.13 bits per heavy atom. The molecule has 0 aromatic carbocycles. The number of hydroxylamine groups is 1. The van der Waals surface area contributed by atoms with Crippen molar-refractivity contribution in [3.8, 4) is 0 Å². The molecule has 0 spiro atoms. The smallest absolute Gasteiger partial charge is 0.109 e. The lowest BCUT2D eigenvalue weighted by molar-refractivity contribution is -0.0244. The molecular weight excluding hydrogens is 208 g/mol. The van der Waals surface area contributed by atoms with E-state index in [1.165, 1.54) is 30.6 Å². The Balaban J connectivity index is 1.73. The summed E-state index contributed by atoms with van der Waals surface area (Å²) in [5.41, 5.74) is 4.17. The van der Waals surface area contributed by atoms with E-state index in [1.807, 2.05) is 6.92 Å². The molecular formula is C11H18N2OS. The molecule has 0 saturated heterocycles. The molecule has 1 aromatic rings. The average molecular weight is 226 g/mol. The van der Waals surface area contributed by atoms with Crippen LogP contribution in [0.3, 0.4) is 0 Å². The molecule has 4 heteroatoms. The van der Waals surface area contributed by atoms with Crippen LogP contribution in [0.25, 0.3) is 0 Å². The second-order valence-electron chi connectivity index (χ2n) is 4.09. The van der Waals surface area contributed by atoms with Gasteiger partial charge in [-0.2, -0.15) is 5.48 Å². The SMILES string of the molecule is Cc1nc(CNOC2CCCC2)sc1C. The zero-order chi connectivity index (χ0) is 10.7. The molecule has 1 aromatic heterocycles. The first-order valence-electron chi connectivity index (χ1n) is 5.57. The van der Waals surface area contributed by atoms with E-state index >= 15 is 0 Å². The molecule has 1 saturated carbocycles. The van der Waals surface area contributed by atoms with Crippen LogP contribution in [0, 0.1) is 13.8 Å². The molecule has 0 bridgehead atoms. The summed E-state index contributed by atoms with van der Waals surface area (Å²) in [6, 6.07) is 0. The van der Waals surface area contributed by atoms with Crippen LogP contribution >= 0.6 is 11.3 Å². The van der Waals surface area contributed by atoms with Gasteiger partial charge in [-0.1, -0.05) is 12.8 Å². The van der Waals surface area contributed by atoms with Gasteiger partial charge in [0.1, 0.15) is 5.01 Å². The quantitative estimate of drug-likeness (QED) is 0.802. The van der Waals surface area contributed by atoms with Gasteiger partial charge < -0.3 is 0 Å². The van der Waals surface area contributed by atoms with E-state index < -0.39 is 0 Å². The number of nitrogens with one attached hydrogen (secondary N) is 1. The summed E-state index contributed by atoms with van der Waals surface area (Å²) in [7, 11) is 0. The Morgan fingerprint density at radius 3 is 2.73 bits per heavy atom. The fourth-order valence-corrected chi connectivity index (χ4v) is 2.70.